The van der Waals surface area contributed by atoms with Crippen molar-refractivity contribution in [2.24, 2.45) is 0 Å². The Morgan fingerprint density at radius 3 is 2.27 bits per heavy atom. The van der Waals surface area contributed by atoms with Crippen molar-refractivity contribution in [3.05, 3.63) is 65.9 Å². The van der Waals surface area contributed by atoms with Gasteiger partial charge in [0.2, 0.25) is 0 Å². The van der Waals surface area contributed by atoms with Crippen LogP contribution in [0.15, 0.2) is 54.6 Å². The second-order valence-corrected chi connectivity index (χ2v) is 11.1. The summed E-state index contributed by atoms with van der Waals surface area (Å²) in [6, 6.07) is 15.0. The Bertz CT molecular complexity index is 1320. The normalized spacial score (nSPS) is 17.9. The molecule has 2 atom stereocenters. The molecule has 1 aliphatic rings. The highest BCUT2D eigenvalue weighted by atomic mass is 19.4. The van der Waals surface area contributed by atoms with Crippen LogP contribution < -0.4 is 4.74 Å². The smallest absolute Gasteiger partial charge is 0.444 e. The van der Waals surface area contributed by atoms with Gasteiger partial charge >= 0.3 is 12.5 Å². The first-order valence-corrected chi connectivity index (χ1v) is 13.6. The van der Waals surface area contributed by atoms with Crippen LogP contribution in [0.3, 0.4) is 0 Å². The minimum atomic E-state index is -4.80. The Morgan fingerprint density at radius 2 is 1.65 bits per heavy atom. The first kappa shape index (κ1) is 29.3. The van der Waals surface area contributed by atoms with Crippen molar-refractivity contribution in [1.29, 1.82) is 0 Å². The largest absolute Gasteiger partial charge is 0.573 e. The molecule has 2 aromatic carbocycles. The van der Waals surface area contributed by atoms with E-state index in [4.69, 9.17) is 4.74 Å². The summed E-state index contributed by atoms with van der Waals surface area (Å²) >= 11 is 0. The summed E-state index contributed by atoms with van der Waals surface area (Å²) in [6.07, 6.45) is -2.18. The predicted molar refractivity (Wildman–Crippen MR) is 146 cm³/mol. The van der Waals surface area contributed by atoms with Gasteiger partial charge in [-0.15, -0.1) is 13.2 Å². The molecule has 7 nitrogen and oxygen atoms in total. The number of fused-ring (bicyclic) bond motifs is 1. The second-order valence-electron chi connectivity index (χ2n) is 11.1. The van der Waals surface area contributed by atoms with Crippen LogP contribution in [0.25, 0.3) is 10.9 Å². The number of carbonyl (C=O) groups is 2. The van der Waals surface area contributed by atoms with E-state index in [1.165, 1.54) is 18.2 Å². The molecule has 1 aliphatic carbocycles. The number of aromatic amines is 1. The third kappa shape index (κ3) is 7.49. The number of ether oxygens (including phenoxy) is 2. The van der Waals surface area contributed by atoms with Gasteiger partial charge in [-0.3, -0.25) is 4.79 Å². The van der Waals surface area contributed by atoms with Crippen molar-refractivity contribution >= 4 is 22.9 Å². The number of halogens is 3. The van der Waals surface area contributed by atoms with Gasteiger partial charge in [0.25, 0.3) is 5.91 Å². The Kier molecular flexibility index (Phi) is 8.65. The molecule has 1 heterocycles. The molecule has 1 saturated carbocycles. The lowest BCUT2D eigenvalue weighted by molar-refractivity contribution is -0.274. The average Bonchev–Trinajstić information content (AvgIpc) is 3.30. The summed E-state index contributed by atoms with van der Waals surface area (Å²) in [5.74, 6) is -0.587. The van der Waals surface area contributed by atoms with Crippen LogP contribution in [0, 0.1) is 0 Å². The van der Waals surface area contributed by atoms with Crippen LogP contribution in [0.2, 0.25) is 0 Å². The molecule has 2 unspecified atom stereocenters. The van der Waals surface area contributed by atoms with Crippen molar-refractivity contribution in [3.63, 3.8) is 0 Å². The molecule has 10 heteroatoms. The minimum Gasteiger partial charge on any atom is -0.444 e. The van der Waals surface area contributed by atoms with E-state index in [9.17, 15) is 22.8 Å². The summed E-state index contributed by atoms with van der Waals surface area (Å²) in [5, 5.41) is 0.446. The van der Waals surface area contributed by atoms with Crippen molar-refractivity contribution in [3.8, 4) is 5.75 Å². The molecule has 0 saturated heterocycles. The van der Waals surface area contributed by atoms with Gasteiger partial charge in [-0.05, 0) is 83.2 Å². The fourth-order valence-electron chi connectivity index (χ4n) is 5.29. The molecule has 2 amide bonds. The second kappa shape index (κ2) is 11.8. The summed E-state index contributed by atoms with van der Waals surface area (Å²) in [7, 11) is 0. The van der Waals surface area contributed by atoms with Gasteiger partial charge in [0.05, 0.1) is 0 Å². The average molecular weight is 560 g/mol. The molecule has 0 bridgehead atoms. The summed E-state index contributed by atoms with van der Waals surface area (Å²) in [5.41, 5.74) is 1.17. The van der Waals surface area contributed by atoms with Crippen molar-refractivity contribution in [2.45, 2.75) is 84.0 Å². The lowest BCUT2D eigenvalue weighted by atomic mass is 9.88. The summed E-state index contributed by atoms with van der Waals surface area (Å²) in [4.78, 5) is 33.5. The van der Waals surface area contributed by atoms with Gasteiger partial charge in [-0.1, -0.05) is 30.3 Å². The molecule has 1 fully saturated rings. The van der Waals surface area contributed by atoms with Gasteiger partial charge in [0, 0.05) is 36.1 Å². The van der Waals surface area contributed by atoms with Crippen LogP contribution in [0.1, 0.15) is 69.4 Å². The standard InChI is InChI=1S/C30H36F3N3O4/c1-5-35(27(37)26-17-21-16-24(39-30(31,32)33)14-15-25(21)34-26)22-12-9-13-23(18-22)36(28(38)40-29(2,3)4)19-20-10-7-6-8-11-20/h6-8,10-11,14-17,22-23,34H,5,9,12-13,18-19H2,1-4H3. The maximum absolute atomic E-state index is 13.6. The quantitative estimate of drug-likeness (QED) is 0.330. The topological polar surface area (TPSA) is 74.9 Å². The zero-order valence-electron chi connectivity index (χ0n) is 23.3. The molecule has 4 rings (SSSR count). The van der Waals surface area contributed by atoms with E-state index in [0.29, 0.717) is 30.4 Å². The third-order valence-corrected chi connectivity index (χ3v) is 6.98. The van der Waals surface area contributed by atoms with E-state index in [1.54, 1.807) is 15.9 Å². The lowest BCUT2D eigenvalue weighted by Crippen LogP contribution is -2.50. The first-order valence-electron chi connectivity index (χ1n) is 13.6. The molecule has 1 aromatic heterocycles. The number of nitrogens with one attached hydrogen (secondary N) is 1. The fraction of sp³-hybridized carbons (Fsp3) is 0.467. The van der Waals surface area contributed by atoms with E-state index in [0.717, 1.165) is 24.8 Å². The minimum absolute atomic E-state index is 0.118. The van der Waals surface area contributed by atoms with Gasteiger partial charge < -0.3 is 24.3 Å². The summed E-state index contributed by atoms with van der Waals surface area (Å²) in [6.45, 7) is 8.26. The third-order valence-electron chi connectivity index (χ3n) is 6.98. The number of alkyl halides is 3. The van der Waals surface area contributed by atoms with E-state index in [1.807, 2.05) is 58.0 Å². The Hall–Kier alpha value is -3.69. The first-order chi connectivity index (χ1) is 18.8. The number of hydrogen-bond donors (Lipinski definition) is 1. The number of amides is 2. The zero-order valence-corrected chi connectivity index (χ0v) is 23.3. The van der Waals surface area contributed by atoms with Crippen LogP contribution in [-0.2, 0) is 11.3 Å². The lowest BCUT2D eigenvalue weighted by Gasteiger charge is -2.41. The molecule has 40 heavy (non-hydrogen) atoms. The molecule has 1 N–H and O–H groups in total. The highest BCUT2D eigenvalue weighted by molar-refractivity contribution is 5.98. The highest BCUT2D eigenvalue weighted by Gasteiger charge is 2.36. The zero-order chi connectivity index (χ0) is 29.1. The molecule has 0 spiro atoms. The van der Waals surface area contributed by atoms with Crippen molar-refractivity contribution < 1.29 is 32.2 Å². The Balaban J connectivity index is 1.54. The van der Waals surface area contributed by atoms with Gasteiger partial charge in [-0.25, -0.2) is 4.79 Å². The summed E-state index contributed by atoms with van der Waals surface area (Å²) < 4.78 is 47.7. The molecule has 0 radical (unpaired) electrons. The maximum atomic E-state index is 13.6. The van der Waals surface area contributed by atoms with Crippen LogP contribution in [0.5, 0.6) is 5.75 Å². The van der Waals surface area contributed by atoms with Crippen LogP contribution in [-0.4, -0.2) is 57.4 Å². The van der Waals surface area contributed by atoms with Gasteiger partial charge in [0.1, 0.15) is 17.0 Å². The molecular formula is C30H36F3N3O4. The number of H-pyrrole nitrogens is 1. The van der Waals surface area contributed by atoms with Crippen molar-refractivity contribution in [2.75, 3.05) is 6.54 Å². The van der Waals surface area contributed by atoms with E-state index in [-0.39, 0.29) is 35.5 Å². The van der Waals surface area contributed by atoms with Crippen molar-refractivity contribution in [1.82, 2.24) is 14.8 Å². The van der Waals surface area contributed by atoms with Crippen LogP contribution >= 0.6 is 0 Å². The molecule has 0 aliphatic heterocycles. The van der Waals surface area contributed by atoms with E-state index < -0.39 is 12.0 Å². The Morgan fingerprint density at radius 1 is 0.975 bits per heavy atom. The van der Waals surface area contributed by atoms with Gasteiger partial charge in [-0.2, -0.15) is 0 Å². The number of hydrogen-bond acceptors (Lipinski definition) is 4. The number of benzene rings is 2. The maximum Gasteiger partial charge on any atom is 0.573 e. The number of nitrogens with zero attached hydrogens (tertiary/aromatic N) is 2. The number of carbonyl (C=O) groups excluding carboxylic acids is 2. The molecule has 3 aromatic rings. The number of aromatic nitrogens is 1. The molecular weight excluding hydrogens is 523 g/mol. The molecule has 216 valence electrons. The Labute approximate surface area is 232 Å². The number of rotatable bonds is 7. The fourth-order valence-corrected chi connectivity index (χ4v) is 5.29. The van der Waals surface area contributed by atoms with E-state index >= 15 is 0 Å². The van der Waals surface area contributed by atoms with Gasteiger partial charge in [0.15, 0.2) is 0 Å². The SMILES string of the molecule is CCN(C(=O)c1cc2cc(OC(F)(F)F)ccc2[nH]1)C1CCCC(N(Cc2ccccc2)C(=O)OC(C)(C)C)C1. The monoisotopic (exact) mass is 559 g/mol. The van der Waals surface area contributed by atoms with Crippen LogP contribution in [0.4, 0.5) is 18.0 Å². The highest BCUT2D eigenvalue weighted by Crippen LogP contribution is 2.31. The predicted octanol–water partition coefficient (Wildman–Crippen LogP) is 7.28. The van der Waals surface area contributed by atoms with E-state index in [2.05, 4.69) is 9.72 Å².